The topological polar surface area (TPSA) is 76.4 Å². The van der Waals surface area contributed by atoms with Crippen molar-refractivity contribution in [2.75, 3.05) is 13.2 Å². The van der Waals surface area contributed by atoms with Gasteiger partial charge < -0.3 is 9.47 Å². The van der Waals surface area contributed by atoms with Gasteiger partial charge in [-0.1, -0.05) is 0 Å². The largest absolute Gasteiger partial charge is 0.466 e. The molecule has 0 aromatic carbocycles. The SMILES string of the molecule is CCOC(=O)CC(=O)OCCCCC#N. The number of hydrogen-bond acceptors (Lipinski definition) is 5. The Morgan fingerprint density at radius 1 is 1.20 bits per heavy atom. The number of ether oxygens (including phenoxy) is 2. The second-order valence-corrected chi connectivity index (χ2v) is 2.82. The highest BCUT2D eigenvalue weighted by Crippen LogP contribution is 1.97. The second kappa shape index (κ2) is 9.00. The molecule has 0 aliphatic carbocycles. The molecule has 0 atom stereocenters. The number of unbranched alkanes of at least 4 members (excludes halogenated alkanes) is 2. The number of hydrogen-bond donors (Lipinski definition) is 0. The Hall–Kier alpha value is -1.57. The third-order valence-corrected chi connectivity index (χ3v) is 1.54. The highest BCUT2D eigenvalue weighted by Gasteiger charge is 2.10. The fraction of sp³-hybridized carbons (Fsp3) is 0.700. The molecule has 0 aliphatic heterocycles. The Labute approximate surface area is 89.0 Å². The molecule has 0 unspecified atom stereocenters. The maximum Gasteiger partial charge on any atom is 0.317 e. The molecule has 0 fully saturated rings. The summed E-state index contributed by atoms with van der Waals surface area (Å²) in [5.74, 6) is -1.15. The van der Waals surface area contributed by atoms with Crippen LogP contribution in [0.25, 0.3) is 0 Å². The Balaban J connectivity index is 3.41. The Bertz CT molecular complexity index is 244. The van der Waals surface area contributed by atoms with Crippen molar-refractivity contribution in [2.45, 2.75) is 32.6 Å². The van der Waals surface area contributed by atoms with E-state index in [0.717, 1.165) is 0 Å². The lowest BCUT2D eigenvalue weighted by Gasteiger charge is -2.03. The number of nitriles is 1. The lowest BCUT2D eigenvalue weighted by atomic mass is 10.3. The number of carbonyl (C=O) groups excluding carboxylic acids is 2. The highest BCUT2D eigenvalue weighted by atomic mass is 16.6. The van der Waals surface area contributed by atoms with Gasteiger partial charge in [0.05, 0.1) is 19.3 Å². The first-order valence-electron chi connectivity index (χ1n) is 4.89. The van der Waals surface area contributed by atoms with Crippen molar-refractivity contribution in [3.05, 3.63) is 0 Å². The summed E-state index contributed by atoms with van der Waals surface area (Å²) in [6, 6.07) is 1.99. The van der Waals surface area contributed by atoms with E-state index in [-0.39, 0.29) is 19.6 Å². The van der Waals surface area contributed by atoms with E-state index in [1.165, 1.54) is 0 Å². The maximum atomic E-state index is 11.0. The van der Waals surface area contributed by atoms with E-state index in [2.05, 4.69) is 4.74 Å². The Morgan fingerprint density at radius 2 is 1.87 bits per heavy atom. The molecule has 0 aromatic heterocycles. The smallest absolute Gasteiger partial charge is 0.317 e. The molecule has 0 radical (unpaired) electrons. The van der Waals surface area contributed by atoms with Gasteiger partial charge in [0.25, 0.3) is 0 Å². The third-order valence-electron chi connectivity index (χ3n) is 1.54. The van der Waals surface area contributed by atoms with Crippen molar-refractivity contribution in [3.8, 4) is 6.07 Å². The van der Waals surface area contributed by atoms with Crippen LogP contribution in [0.4, 0.5) is 0 Å². The van der Waals surface area contributed by atoms with Gasteiger partial charge in [0, 0.05) is 6.42 Å². The maximum absolute atomic E-state index is 11.0. The Kier molecular flexibility index (Phi) is 8.06. The van der Waals surface area contributed by atoms with Gasteiger partial charge in [-0.2, -0.15) is 5.26 Å². The first-order chi connectivity index (χ1) is 7.20. The Morgan fingerprint density at radius 3 is 2.47 bits per heavy atom. The standard InChI is InChI=1S/C10H15NO4/c1-2-14-9(12)8-10(13)15-7-5-3-4-6-11/h2-5,7-8H2,1H3. The minimum atomic E-state index is -0.578. The van der Waals surface area contributed by atoms with Crippen LogP contribution in [-0.2, 0) is 19.1 Å². The molecular weight excluding hydrogens is 198 g/mol. The summed E-state index contributed by atoms with van der Waals surface area (Å²) in [6.07, 6.45) is 1.45. The zero-order chi connectivity index (χ0) is 11.5. The van der Waals surface area contributed by atoms with E-state index in [4.69, 9.17) is 10.00 Å². The molecule has 84 valence electrons. The molecule has 0 aromatic rings. The van der Waals surface area contributed by atoms with E-state index < -0.39 is 11.9 Å². The van der Waals surface area contributed by atoms with Crippen LogP contribution in [0.2, 0.25) is 0 Å². The predicted octanol–water partition coefficient (Wildman–Crippen LogP) is 1.18. The van der Waals surface area contributed by atoms with Crippen LogP contribution in [0.1, 0.15) is 32.6 Å². The normalized spacial score (nSPS) is 9.07. The lowest BCUT2D eigenvalue weighted by molar-refractivity contribution is -0.154. The van der Waals surface area contributed by atoms with E-state index in [0.29, 0.717) is 19.3 Å². The van der Waals surface area contributed by atoms with E-state index in [1.807, 2.05) is 6.07 Å². The van der Waals surface area contributed by atoms with Crippen LogP contribution in [0.15, 0.2) is 0 Å². The van der Waals surface area contributed by atoms with Crippen molar-refractivity contribution >= 4 is 11.9 Å². The molecule has 0 aliphatic rings. The fourth-order valence-corrected chi connectivity index (χ4v) is 0.873. The zero-order valence-electron chi connectivity index (χ0n) is 8.82. The zero-order valence-corrected chi connectivity index (χ0v) is 8.82. The number of esters is 2. The summed E-state index contributed by atoms with van der Waals surface area (Å²) >= 11 is 0. The summed E-state index contributed by atoms with van der Waals surface area (Å²) in [6.45, 7) is 2.18. The van der Waals surface area contributed by atoms with Crippen LogP contribution in [0, 0.1) is 11.3 Å². The van der Waals surface area contributed by atoms with Gasteiger partial charge in [0.1, 0.15) is 6.42 Å². The first-order valence-corrected chi connectivity index (χ1v) is 4.89. The van der Waals surface area contributed by atoms with Gasteiger partial charge in [0.15, 0.2) is 0 Å². The molecule has 0 saturated heterocycles. The molecule has 5 heteroatoms. The molecule has 5 nitrogen and oxygen atoms in total. The number of nitrogens with zero attached hydrogens (tertiary/aromatic N) is 1. The minimum Gasteiger partial charge on any atom is -0.466 e. The van der Waals surface area contributed by atoms with E-state index >= 15 is 0 Å². The predicted molar refractivity (Wildman–Crippen MR) is 51.7 cm³/mol. The van der Waals surface area contributed by atoms with Crippen LogP contribution >= 0.6 is 0 Å². The van der Waals surface area contributed by atoms with Crippen molar-refractivity contribution in [1.29, 1.82) is 5.26 Å². The average molecular weight is 213 g/mol. The van der Waals surface area contributed by atoms with Crippen molar-refractivity contribution < 1.29 is 19.1 Å². The number of carbonyl (C=O) groups is 2. The van der Waals surface area contributed by atoms with Crippen LogP contribution < -0.4 is 0 Å². The van der Waals surface area contributed by atoms with Gasteiger partial charge in [-0.3, -0.25) is 9.59 Å². The quantitative estimate of drug-likeness (QED) is 0.360. The third kappa shape index (κ3) is 8.75. The van der Waals surface area contributed by atoms with Gasteiger partial charge in [-0.05, 0) is 19.8 Å². The molecular formula is C10H15NO4. The summed E-state index contributed by atoms with van der Waals surface area (Å²) in [5.41, 5.74) is 0. The van der Waals surface area contributed by atoms with Gasteiger partial charge in [0.2, 0.25) is 0 Å². The molecule has 15 heavy (non-hydrogen) atoms. The molecule has 0 bridgehead atoms. The van der Waals surface area contributed by atoms with Gasteiger partial charge in [-0.25, -0.2) is 0 Å². The van der Waals surface area contributed by atoms with E-state index in [1.54, 1.807) is 6.92 Å². The molecule has 0 N–H and O–H groups in total. The van der Waals surface area contributed by atoms with Crippen molar-refractivity contribution in [2.24, 2.45) is 0 Å². The van der Waals surface area contributed by atoms with Crippen molar-refractivity contribution in [3.63, 3.8) is 0 Å². The van der Waals surface area contributed by atoms with Crippen LogP contribution in [0.5, 0.6) is 0 Å². The first kappa shape index (κ1) is 13.4. The highest BCUT2D eigenvalue weighted by molar-refractivity contribution is 5.91. The molecule has 0 amide bonds. The van der Waals surface area contributed by atoms with Gasteiger partial charge in [-0.15, -0.1) is 0 Å². The van der Waals surface area contributed by atoms with Crippen LogP contribution in [0.3, 0.4) is 0 Å². The second-order valence-electron chi connectivity index (χ2n) is 2.82. The lowest BCUT2D eigenvalue weighted by Crippen LogP contribution is -2.14. The summed E-state index contributed by atoms with van der Waals surface area (Å²) < 4.78 is 9.33. The summed E-state index contributed by atoms with van der Waals surface area (Å²) in [5, 5.41) is 8.23. The van der Waals surface area contributed by atoms with Crippen LogP contribution in [-0.4, -0.2) is 25.2 Å². The van der Waals surface area contributed by atoms with E-state index in [9.17, 15) is 9.59 Å². The summed E-state index contributed by atoms with van der Waals surface area (Å²) in [7, 11) is 0. The van der Waals surface area contributed by atoms with Crippen molar-refractivity contribution in [1.82, 2.24) is 0 Å². The molecule has 0 spiro atoms. The molecule has 0 rings (SSSR count). The summed E-state index contributed by atoms with van der Waals surface area (Å²) in [4.78, 5) is 21.8. The monoisotopic (exact) mass is 213 g/mol. The fourth-order valence-electron chi connectivity index (χ4n) is 0.873. The van der Waals surface area contributed by atoms with Gasteiger partial charge >= 0.3 is 11.9 Å². The minimum absolute atomic E-state index is 0.250. The molecule has 0 heterocycles. The number of rotatable bonds is 7. The average Bonchev–Trinajstić information content (AvgIpc) is 2.17. The molecule has 0 saturated carbocycles.